The largest absolute Gasteiger partial charge is 0.311 e. The first-order valence-electron chi connectivity index (χ1n) is 16.2. The van der Waals surface area contributed by atoms with E-state index in [0.717, 1.165) is 66.5 Å². The molecule has 5 heteroatoms. The van der Waals surface area contributed by atoms with Gasteiger partial charge in [0.2, 0.25) is 0 Å². The molecular weight excluding hydrogens is 611 g/mol. The smallest absolute Gasteiger partial charge is 0.189 e. The number of fused-ring (bicyclic) bond motifs is 6. The zero-order valence-electron chi connectivity index (χ0n) is 26.7. The second-order valence-electron chi connectivity index (χ2n) is 12.3. The molecule has 9 rings (SSSR count). The van der Waals surface area contributed by atoms with E-state index in [1.165, 1.54) is 10.8 Å². The molecule has 2 aromatic heterocycles. The number of benzene rings is 7. The number of nitriles is 1. The van der Waals surface area contributed by atoms with Gasteiger partial charge in [-0.15, -0.1) is 0 Å². The van der Waals surface area contributed by atoms with Gasteiger partial charge >= 0.3 is 0 Å². The van der Waals surface area contributed by atoms with Gasteiger partial charge in [0, 0.05) is 44.0 Å². The predicted molar refractivity (Wildman–Crippen MR) is 203 cm³/mol. The van der Waals surface area contributed by atoms with Crippen LogP contribution in [-0.2, 0) is 0 Å². The highest BCUT2D eigenvalue weighted by atomic mass is 15.0. The third-order valence-electron chi connectivity index (χ3n) is 9.59. The predicted octanol–water partition coefficient (Wildman–Crippen LogP) is 12.2. The molecular formula is C45H25N5. The van der Waals surface area contributed by atoms with Crippen LogP contribution >= 0.6 is 0 Å². The fraction of sp³-hybridized carbons (Fsp3) is 0. The average molecular weight is 636 g/mol. The van der Waals surface area contributed by atoms with Crippen LogP contribution in [0.1, 0.15) is 5.56 Å². The van der Waals surface area contributed by atoms with E-state index in [1.54, 1.807) is 0 Å². The maximum Gasteiger partial charge on any atom is 0.189 e. The molecule has 9 aromatic rings. The Kier molecular flexibility index (Phi) is 6.56. The first-order valence-corrected chi connectivity index (χ1v) is 16.2. The highest BCUT2D eigenvalue weighted by molar-refractivity contribution is 6.11. The molecule has 0 N–H and O–H groups in total. The van der Waals surface area contributed by atoms with E-state index in [0.29, 0.717) is 16.9 Å². The molecule has 0 aliphatic carbocycles. The van der Waals surface area contributed by atoms with Crippen molar-refractivity contribution in [3.05, 3.63) is 180 Å². The lowest BCUT2D eigenvalue weighted by Crippen LogP contribution is -1.98. The van der Waals surface area contributed by atoms with Gasteiger partial charge in [-0.1, -0.05) is 97.1 Å². The molecule has 50 heavy (non-hydrogen) atoms. The van der Waals surface area contributed by atoms with Gasteiger partial charge in [-0.05, 0) is 71.3 Å². The van der Waals surface area contributed by atoms with Crippen molar-refractivity contribution in [1.29, 1.82) is 5.26 Å². The van der Waals surface area contributed by atoms with Crippen LogP contribution in [0.2, 0.25) is 0 Å². The second-order valence-corrected chi connectivity index (χ2v) is 12.3. The summed E-state index contributed by atoms with van der Waals surface area (Å²) in [6.07, 6.45) is 0. The SMILES string of the molecule is [C-]#[N+]c1ccc(-c2ccccc2-c2ccc(-n3c4ccc(C#N)cc4c4ccc([N+]#[C-])cc43)cc2)c(-n2c3ccccc3c3ccccc32)c1. The summed E-state index contributed by atoms with van der Waals surface area (Å²) in [6.45, 7) is 15.5. The lowest BCUT2D eigenvalue weighted by Gasteiger charge is -2.18. The van der Waals surface area contributed by atoms with Crippen LogP contribution in [-0.4, -0.2) is 9.13 Å². The van der Waals surface area contributed by atoms with Crippen molar-refractivity contribution >= 4 is 55.0 Å². The van der Waals surface area contributed by atoms with Crippen molar-refractivity contribution < 1.29 is 0 Å². The number of hydrogen-bond donors (Lipinski definition) is 0. The summed E-state index contributed by atoms with van der Waals surface area (Å²) >= 11 is 0. The van der Waals surface area contributed by atoms with E-state index in [9.17, 15) is 5.26 Å². The van der Waals surface area contributed by atoms with E-state index in [2.05, 4.69) is 128 Å². The molecule has 0 spiro atoms. The summed E-state index contributed by atoms with van der Waals surface area (Å²) in [4.78, 5) is 7.50. The second kappa shape index (κ2) is 11.4. The first-order chi connectivity index (χ1) is 24.7. The number of hydrogen-bond acceptors (Lipinski definition) is 1. The van der Waals surface area contributed by atoms with Gasteiger partial charge in [-0.3, -0.25) is 0 Å². The number of rotatable bonds is 4. The quantitative estimate of drug-likeness (QED) is 0.177. The molecule has 0 atom stereocenters. The summed E-state index contributed by atoms with van der Waals surface area (Å²) in [6, 6.07) is 53.5. The highest BCUT2D eigenvalue weighted by Crippen LogP contribution is 2.42. The minimum absolute atomic E-state index is 0.566. The lowest BCUT2D eigenvalue weighted by atomic mass is 9.93. The minimum atomic E-state index is 0.566. The Hall–Kier alpha value is -7.39. The first kappa shape index (κ1) is 28.8. The molecule has 0 aliphatic rings. The molecule has 0 aliphatic heterocycles. The van der Waals surface area contributed by atoms with Gasteiger partial charge < -0.3 is 9.13 Å². The number of nitrogens with zero attached hydrogens (tertiary/aromatic N) is 5. The molecule has 0 fully saturated rings. The van der Waals surface area contributed by atoms with Gasteiger partial charge in [-0.2, -0.15) is 5.26 Å². The van der Waals surface area contributed by atoms with Crippen molar-refractivity contribution in [2.45, 2.75) is 0 Å². The van der Waals surface area contributed by atoms with Crippen LogP contribution in [0, 0.1) is 24.5 Å². The lowest BCUT2D eigenvalue weighted by molar-refractivity contribution is 1.18. The Morgan fingerprint density at radius 1 is 0.460 bits per heavy atom. The van der Waals surface area contributed by atoms with Gasteiger partial charge in [0.05, 0.1) is 41.3 Å². The fourth-order valence-electron chi connectivity index (χ4n) is 7.37. The number of para-hydroxylation sites is 2. The summed E-state index contributed by atoms with van der Waals surface area (Å²) in [7, 11) is 0. The normalized spacial score (nSPS) is 11.1. The average Bonchev–Trinajstić information content (AvgIpc) is 3.69. The fourth-order valence-corrected chi connectivity index (χ4v) is 7.37. The van der Waals surface area contributed by atoms with Crippen molar-refractivity contribution in [2.24, 2.45) is 0 Å². The molecule has 0 bridgehead atoms. The van der Waals surface area contributed by atoms with Crippen LogP contribution in [0.15, 0.2) is 152 Å². The topological polar surface area (TPSA) is 42.4 Å². The minimum Gasteiger partial charge on any atom is -0.311 e. The summed E-state index contributed by atoms with van der Waals surface area (Å²) in [5.41, 5.74) is 12.0. The zero-order valence-corrected chi connectivity index (χ0v) is 26.7. The Morgan fingerprint density at radius 3 is 1.76 bits per heavy atom. The summed E-state index contributed by atoms with van der Waals surface area (Å²) < 4.78 is 4.45. The molecule has 7 aromatic carbocycles. The van der Waals surface area contributed by atoms with Gasteiger partial charge in [-0.25, -0.2) is 9.69 Å². The van der Waals surface area contributed by atoms with Gasteiger partial charge in [0.25, 0.3) is 0 Å². The summed E-state index contributed by atoms with van der Waals surface area (Å²) in [5, 5.41) is 13.9. The van der Waals surface area contributed by atoms with Crippen LogP contribution in [0.4, 0.5) is 11.4 Å². The highest BCUT2D eigenvalue weighted by Gasteiger charge is 2.19. The van der Waals surface area contributed by atoms with E-state index in [-0.39, 0.29) is 0 Å². The Bertz CT molecular complexity index is 2900. The van der Waals surface area contributed by atoms with Crippen molar-refractivity contribution in [3.8, 4) is 39.7 Å². The molecule has 230 valence electrons. The van der Waals surface area contributed by atoms with Gasteiger partial charge in [0.15, 0.2) is 11.4 Å². The van der Waals surface area contributed by atoms with E-state index >= 15 is 0 Å². The Morgan fingerprint density at radius 2 is 1.06 bits per heavy atom. The molecule has 0 amide bonds. The van der Waals surface area contributed by atoms with E-state index in [1.807, 2.05) is 48.5 Å². The van der Waals surface area contributed by atoms with Gasteiger partial charge in [0.1, 0.15) is 0 Å². The van der Waals surface area contributed by atoms with E-state index < -0.39 is 0 Å². The molecule has 0 saturated carbocycles. The molecule has 0 unspecified atom stereocenters. The molecule has 0 saturated heterocycles. The van der Waals surface area contributed by atoms with Crippen molar-refractivity contribution in [1.82, 2.24) is 9.13 Å². The van der Waals surface area contributed by atoms with Crippen LogP contribution in [0.25, 0.3) is 86.9 Å². The maximum absolute atomic E-state index is 9.60. The molecule has 0 radical (unpaired) electrons. The van der Waals surface area contributed by atoms with Crippen LogP contribution < -0.4 is 0 Å². The molecule has 2 heterocycles. The van der Waals surface area contributed by atoms with Crippen molar-refractivity contribution in [3.63, 3.8) is 0 Å². The zero-order chi connectivity index (χ0) is 33.8. The third-order valence-corrected chi connectivity index (χ3v) is 9.59. The monoisotopic (exact) mass is 635 g/mol. The van der Waals surface area contributed by atoms with E-state index in [4.69, 9.17) is 13.1 Å². The van der Waals surface area contributed by atoms with Crippen molar-refractivity contribution in [2.75, 3.05) is 0 Å². The Labute approximate surface area is 288 Å². The van der Waals surface area contributed by atoms with Crippen LogP contribution in [0.3, 0.4) is 0 Å². The maximum atomic E-state index is 9.60. The van der Waals surface area contributed by atoms with Crippen LogP contribution in [0.5, 0.6) is 0 Å². The molecule has 5 nitrogen and oxygen atoms in total. The Balaban J connectivity index is 1.22. The summed E-state index contributed by atoms with van der Waals surface area (Å²) in [5.74, 6) is 0. The number of aromatic nitrogens is 2. The standard InChI is InChI=1S/C45H25N5/c1-47-31-19-23-39-40-25-29(28-46)15-24-43(40)49(44(39)26-31)33-20-16-30(17-21-33)34-9-3-4-10-35(34)38-22-18-32(48-2)27-45(38)50-41-13-7-5-11-36(41)37-12-6-8-14-42(37)50/h3-27H. The third kappa shape index (κ3) is 4.38.